The van der Waals surface area contributed by atoms with Crippen LogP contribution in [0.2, 0.25) is 0 Å². The molecule has 0 aliphatic rings. The lowest BCUT2D eigenvalue weighted by Crippen LogP contribution is -2.28. The second-order valence-corrected chi connectivity index (χ2v) is 3.50. The van der Waals surface area contributed by atoms with Crippen molar-refractivity contribution in [2.75, 3.05) is 18.6 Å². The summed E-state index contributed by atoms with van der Waals surface area (Å²) in [5.41, 5.74) is 2.07. The van der Waals surface area contributed by atoms with Crippen molar-refractivity contribution in [2.24, 2.45) is 0 Å². The van der Waals surface area contributed by atoms with E-state index < -0.39 is 6.61 Å². The molecule has 2 rings (SSSR count). The van der Waals surface area contributed by atoms with Gasteiger partial charge in [0.2, 0.25) is 0 Å². The number of carbonyl (C=O) groups excluding carboxylic acids is 1. The molecule has 0 saturated heterocycles. The highest BCUT2D eigenvalue weighted by Gasteiger charge is 2.11. The number of hydrogen-bond donors (Lipinski definition) is 1. The van der Waals surface area contributed by atoms with Gasteiger partial charge in [-0.3, -0.25) is 4.79 Å². The number of aliphatic hydroxyl groups is 1. The van der Waals surface area contributed by atoms with Crippen LogP contribution in [0.25, 0.3) is 11.1 Å². The molecule has 0 fully saturated rings. The molecular formula is C11H12N2O3. The van der Waals surface area contributed by atoms with Crippen LogP contribution < -0.4 is 4.90 Å². The monoisotopic (exact) mass is 220 g/mol. The van der Waals surface area contributed by atoms with Gasteiger partial charge in [-0.2, -0.15) is 0 Å². The predicted molar refractivity (Wildman–Crippen MR) is 59.2 cm³/mol. The summed E-state index contributed by atoms with van der Waals surface area (Å²) >= 11 is 0. The third-order valence-corrected chi connectivity index (χ3v) is 2.37. The Morgan fingerprint density at radius 3 is 3.00 bits per heavy atom. The van der Waals surface area contributed by atoms with Gasteiger partial charge in [-0.15, -0.1) is 0 Å². The van der Waals surface area contributed by atoms with Gasteiger partial charge < -0.3 is 14.4 Å². The van der Waals surface area contributed by atoms with Crippen LogP contribution in [-0.2, 0) is 4.79 Å². The molecule has 5 nitrogen and oxygen atoms in total. The number of carbonyl (C=O) groups is 1. The lowest BCUT2D eigenvalue weighted by atomic mass is 10.2. The molecule has 0 spiro atoms. The van der Waals surface area contributed by atoms with Crippen LogP contribution in [0.15, 0.2) is 22.6 Å². The Bertz CT molecular complexity index is 533. The first-order valence-corrected chi connectivity index (χ1v) is 4.86. The molecule has 0 aliphatic carbocycles. The molecule has 1 aromatic carbocycles. The van der Waals surface area contributed by atoms with Gasteiger partial charge in [-0.05, 0) is 18.2 Å². The molecule has 5 heteroatoms. The summed E-state index contributed by atoms with van der Waals surface area (Å²) in [6.07, 6.45) is 0. The molecule has 0 unspecified atom stereocenters. The number of fused-ring (bicyclic) bond motifs is 1. The maximum Gasteiger partial charge on any atom is 0.252 e. The molecule has 0 radical (unpaired) electrons. The van der Waals surface area contributed by atoms with Gasteiger partial charge in [0.05, 0.1) is 0 Å². The van der Waals surface area contributed by atoms with Crippen LogP contribution in [0.4, 0.5) is 5.69 Å². The van der Waals surface area contributed by atoms with Gasteiger partial charge in [0, 0.05) is 19.7 Å². The van der Waals surface area contributed by atoms with E-state index in [2.05, 4.69) is 4.98 Å². The van der Waals surface area contributed by atoms with Gasteiger partial charge in [0.1, 0.15) is 12.1 Å². The number of amides is 1. The van der Waals surface area contributed by atoms with Crippen LogP contribution in [0, 0.1) is 6.92 Å². The minimum Gasteiger partial charge on any atom is -0.441 e. The molecule has 1 amide bonds. The SMILES string of the molecule is Cc1nc2cc(N(C)C(=O)CO)ccc2o1. The van der Waals surface area contributed by atoms with Crippen LogP contribution in [0.5, 0.6) is 0 Å². The fourth-order valence-electron chi connectivity index (χ4n) is 1.49. The third kappa shape index (κ3) is 1.77. The van der Waals surface area contributed by atoms with E-state index >= 15 is 0 Å². The molecule has 0 aliphatic heterocycles. The van der Waals surface area contributed by atoms with E-state index in [0.29, 0.717) is 22.7 Å². The Hall–Kier alpha value is -1.88. The second kappa shape index (κ2) is 3.94. The number of benzene rings is 1. The van der Waals surface area contributed by atoms with Crippen molar-refractivity contribution in [1.29, 1.82) is 0 Å². The van der Waals surface area contributed by atoms with Gasteiger partial charge in [0.25, 0.3) is 5.91 Å². The van der Waals surface area contributed by atoms with E-state index in [-0.39, 0.29) is 5.91 Å². The van der Waals surface area contributed by atoms with Gasteiger partial charge >= 0.3 is 0 Å². The van der Waals surface area contributed by atoms with Crippen molar-refractivity contribution < 1.29 is 14.3 Å². The average Bonchev–Trinajstić information content (AvgIpc) is 2.65. The van der Waals surface area contributed by atoms with Gasteiger partial charge in [-0.1, -0.05) is 0 Å². The summed E-state index contributed by atoms with van der Waals surface area (Å²) in [5, 5.41) is 8.76. The first-order chi connectivity index (χ1) is 7.61. The number of aryl methyl sites for hydroxylation is 1. The quantitative estimate of drug-likeness (QED) is 0.822. The van der Waals surface area contributed by atoms with Crippen LogP contribution in [-0.4, -0.2) is 29.7 Å². The number of hydrogen-bond acceptors (Lipinski definition) is 4. The normalized spacial score (nSPS) is 10.7. The molecule has 84 valence electrons. The predicted octanol–water partition coefficient (Wildman–Crippen LogP) is 1.09. The third-order valence-electron chi connectivity index (χ3n) is 2.37. The fourth-order valence-corrected chi connectivity index (χ4v) is 1.49. The zero-order valence-electron chi connectivity index (χ0n) is 9.10. The number of aromatic nitrogens is 1. The molecule has 2 aromatic rings. The molecule has 1 aromatic heterocycles. The Morgan fingerprint density at radius 1 is 1.56 bits per heavy atom. The van der Waals surface area contributed by atoms with Crippen molar-refractivity contribution >= 4 is 22.7 Å². The highest BCUT2D eigenvalue weighted by Crippen LogP contribution is 2.21. The summed E-state index contributed by atoms with van der Waals surface area (Å²) in [6.45, 7) is 1.26. The summed E-state index contributed by atoms with van der Waals surface area (Å²) in [7, 11) is 1.60. The number of likely N-dealkylation sites (N-methyl/N-ethyl adjacent to an activating group) is 1. The first-order valence-electron chi connectivity index (χ1n) is 4.86. The van der Waals surface area contributed by atoms with E-state index in [1.54, 1.807) is 32.2 Å². The Labute approximate surface area is 92.3 Å². The average molecular weight is 220 g/mol. The van der Waals surface area contributed by atoms with Crippen molar-refractivity contribution in [2.45, 2.75) is 6.92 Å². The number of oxazole rings is 1. The Kier molecular flexibility index (Phi) is 2.62. The van der Waals surface area contributed by atoms with Crippen LogP contribution in [0.3, 0.4) is 0 Å². The van der Waals surface area contributed by atoms with E-state index in [4.69, 9.17) is 9.52 Å². The van der Waals surface area contributed by atoms with E-state index in [0.717, 1.165) is 0 Å². The van der Waals surface area contributed by atoms with E-state index in [1.165, 1.54) is 4.90 Å². The summed E-state index contributed by atoms with van der Waals surface area (Å²) < 4.78 is 5.33. The lowest BCUT2D eigenvalue weighted by Gasteiger charge is -2.15. The lowest BCUT2D eigenvalue weighted by molar-refractivity contribution is -0.120. The largest absolute Gasteiger partial charge is 0.441 e. The number of aliphatic hydroxyl groups excluding tert-OH is 1. The molecule has 0 atom stereocenters. The summed E-state index contributed by atoms with van der Waals surface area (Å²) in [6, 6.07) is 5.26. The maximum atomic E-state index is 11.3. The molecule has 16 heavy (non-hydrogen) atoms. The maximum absolute atomic E-state index is 11.3. The minimum atomic E-state index is -0.508. The highest BCUT2D eigenvalue weighted by atomic mass is 16.3. The van der Waals surface area contributed by atoms with Gasteiger partial charge in [-0.25, -0.2) is 4.98 Å². The Morgan fingerprint density at radius 2 is 2.31 bits per heavy atom. The van der Waals surface area contributed by atoms with Gasteiger partial charge in [0.15, 0.2) is 11.5 Å². The van der Waals surface area contributed by atoms with Crippen LogP contribution in [0.1, 0.15) is 5.89 Å². The number of rotatable bonds is 2. The molecule has 0 saturated carbocycles. The van der Waals surface area contributed by atoms with Crippen molar-refractivity contribution in [3.63, 3.8) is 0 Å². The van der Waals surface area contributed by atoms with Crippen LogP contribution >= 0.6 is 0 Å². The minimum absolute atomic E-state index is 0.362. The Balaban J connectivity index is 2.42. The summed E-state index contributed by atoms with van der Waals surface area (Å²) in [5.74, 6) is 0.225. The highest BCUT2D eigenvalue weighted by molar-refractivity contribution is 5.95. The molecule has 1 N–H and O–H groups in total. The standard InChI is InChI=1S/C11H12N2O3/c1-7-12-9-5-8(3-4-10(9)16-7)13(2)11(15)6-14/h3-5,14H,6H2,1-2H3. The second-order valence-electron chi connectivity index (χ2n) is 3.50. The fraction of sp³-hybridized carbons (Fsp3) is 0.273. The van der Waals surface area contributed by atoms with E-state index in [9.17, 15) is 4.79 Å². The zero-order chi connectivity index (χ0) is 11.7. The topological polar surface area (TPSA) is 66.6 Å². The molecule has 0 bridgehead atoms. The smallest absolute Gasteiger partial charge is 0.252 e. The number of anilines is 1. The summed E-state index contributed by atoms with van der Waals surface area (Å²) in [4.78, 5) is 16.8. The molecular weight excluding hydrogens is 208 g/mol. The number of nitrogens with zero attached hydrogens (tertiary/aromatic N) is 2. The zero-order valence-corrected chi connectivity index (χ0v) is 9.10. The van der Waals surface area contributed by atoms with Crippen molar-refractivity contribution in [3.05, 3.63) is 24.1 Å². The van der Waals surface area contributed by atoms with E-state index in [1.807, 2.05) is 0 Å². The molecule has 1 heterocycles. The van der Waals surface area contributed by atoms with Crippen molar-refractivity contribution in [3.8, 4) is 0 Å². The van der Waals surface area contributed by atoms with Crippen molar-refractivity contribution in [1.82, 2.24) is 4.98 Å². The first kappa shape index (κ1) is 10.6.